The van der Waals surface area contributed by atoms with E-state index < -0.39 is 10.0 Å². The monoisotopic (exact) mass is 330 g/mol. The lowest BCUT2D eigenvalue weighted by Crippen LogP contribution is -2.39. The van der Waals surface area contributed by atoms with Crippen LogP contribution in [0.1, 0.15) is 38.7 Å². The van der Waals surface area contributed by atoms with Gasteiger partial charge in [0.05, 0.1) is 4.90 Å². The minimum atomic E-state index is -3.51. The van der Waals surface area contributed by atoms with Gasteiger partial charge in [0.25, 0.3) is 0 Å². The molecule has 0 aromatic heterocycles. The largest absolute Gasteiger partial charge is 0.326 e. The average Bonchev–Trinajstić information content (AvgIpc) is 2.43. The molecule has 0 saturated heterocycles. The van der Waals surface area contributed by atoms with E-state index in [1.54, 1.807) is 12.1 Å². The van der Waals surface area contributed by atoms with Gasteiger partial charge in [-0.1, -0.05) is 25.4 Å². The maximum absolute atomic E-state index is 12.5. The van der Waals surface area contributed by atoms with Gasteiger partial charge < -0.3 is 5.73 Å². The number of nitrogens with one attached hydrogen (secondary N) is 1. The summed E-state index contributed by atoms with van der Waals surface area (Å²) in [4.78, 5) is 0.235. The predicted molar refractivity (Wildman–Crippen MR) is 85.6 cm³/mol. The lowest BCUT2D eigenvalue weighted by molar-refractivity contribution is 0.242. The molecule has 0 spiro atoms. The van der Waals surface area contributed by atoms with Crippen molar-refractivity contribution in [1.29, 1.82) is 0 Å². The topological polar surface area (TPSA) is 72.2 Å². The van der Waals surface area contributed by atoms with E-state index in [0.717, 1.165) is 19.3 Å². The molecule has 1 aliphatic rings. The van der Waals surface area contributed by atoms with Gasteiger partial charge >= 0.3 is 0 Å². The van der Waals surface area contributed by atoms with Crippen LogP contribution in [0.3, 0.4) is 0 Å². The van der Waals surface area contributed by atoms with Crippen LogP contribution in [0, 0.1) is 11.8 Å². The van der Waals surface area contributed by atoms with Crippen molar-refractivity contribution >= 4 is 21.6 Å². The molecule has 1 aromatic carbocycles. The second-order valence-electron chi connectivity index (χ2n) is 6.04. The van der Waals surface area contributed by atoms with Gasteiger partial charge in [-0.05, 0) is 54.9 Å². The highest BCUT2D eigenvalue weighted by Gasteiger charge is 2.28. The van der Waals surface area contributed by atoms with Gasteiger partial charge in [-0.3, -0.25) is 0 Å². The van der Waals surface area contributed by atoms with Gasteiger partial charge in [0.15, 0.2) is 0 Å². The fraction of sp³-hybridized carbons (Fsp3) is 0.600. The quantitative estimate of drug-likeness (QED) is 0.891. The molecule has 4 nitrogen and oxygen atoms in total. The molecule has 0 heterocycles. The molecule has 3 N–H and O–H groups in total. The van der Waals surface area contributed by atoms with Crippen molar-refractivity contribution in [3.8, 4) is 0 Å². The molecule has 1 fully saturated rings. The molecule has 3 unspecified atom stereocenters. The third-order valence-corrected chi connectivity index (χ3v) is 6.35. The molecule has 0 aliphatic heterocycles. The number of hydrogen-bond donors (Lipinski definition) is 2. The Kier molecular flexibility index (Phi) is 5.30. The molecule has 1 aromatic rings. The molecule has 6 heteroatoms. The van der Waals surface area contributed by atoms with Crippen LogP contribution in [0.2, 0.25) is 5.02 Å². The zero-order valence-electron chi connectivity index (χ0n) is 12.5. The van der Waals surface area contributed by atoms with Gasteiger partial charge in [-0.25, -0.2) is 13.1 Å². The van der Waals surface area contributed by atoms with Crippen LogP contribution in [-0.2, 0) is 16.6 Å². The first-order valence-electron chi connectivity index (χ1n) is 7.34. The first-order chi connectivity index (χ1) is 9.83. The fourth-order valence-electron chi connectivity index (χ4n) is 2.82. The third kappa shape index (κ3) is 3.97. The Morgan fingerprint density at radius 3 is 2.62 bits per heavy atom. The van der Waals surface area contributed by atoms with Gasteiger partial charge in [0.2, 0.25) is 10.0 Å². The highest BCUT2D eigenvalue weighted by Crippen LogP contribution is 2.30. The van der Waals surface area contributed by atoms with Crippen LogP contribution in [0.25, 0.3) is 0 Å². The van der Waals surface area contributed by atoms with Gasteiger partial charge in [0, 0.05) is 17.6 Å². The molecule has 3 atom stereocenters. The lowest BCUT2D eigenvalue weighted by Gasteiger charge is -2.32. The third-order valence-electron chi connectivity index (χ3n) is 4.47. The normalized spacial score (nSPS) is 26.8. The molecular formula is C15H23ClN2O2S. The zero-order chi connectivity index (χ0) is 15.6. The number of rotatable bonds is 4. The molecule has 2 rings (SSSR count). The second kappa shape index (κ2) is 6.65. The van der Waals surface area contributed by atoms with E-state index in [-0.39, 0.29) is 17.5 Å². The fourth-order valence-corrected chi connectivity index (χ4v) is 4.35. The summed E-state index contributed by atoms with van der Waals surface area (Å²) in [7, 11) is -3.51. The Hall–Kier alpha value is -0.620. The summed E-state index contributed by atoms with van der Waals surface area (Å²) >= 11 is 5.98. The maximum Gasteiger partial charge on any atom is 0.240 e. The SMILES string of the molecule is CC1CCC(NS(=O)(=O)c2ccc(Cl)c(CN)c2)CC1C. The summed E-state index contributed by atoms with van der Waals surface area (Å²) < 4.78 is 27.8. The summed E-state index contributed by atoms with van der Waals surface area (Å²) in [5, 5.41) is 0.497. The highest BCUT2D eigenvalue weighted by molar-refractivity contribution is 7.89. The highest BCUT2D eigenvalue weighted by atomic mass is 35.5. The number of benzene rings is 1. The molecule has 1 saturated carbocycles. The average molecular weight is 331 g/mol. The van der Waals surface area contributed by atoms with Crippen LogP contribution in [0.15, 0.2) is 23.1 Å². The Balaban J connectivity index is 2.15. The van der Waals surface area contributed by atoms with E-state index in [9.17, 15) is 8.42 Å². The Labute approximate surface area is 132 Å². The molecule has 0 bridgehead atoms. The van der Waals surface area contributed by atoms with Crippen LogP contribution >= 0.6 is 11.6 Å². The number of nitrogens with two attached hydrogens (primary N) is 1. The standard InChI is InChI=1S/C15H23ClN2O2S/c1-10-3-4-13(7-11(10)2)18-21(19,20)14-5-6-15(16)12(8-14)9-17/h5-6,8,10-11,13,18H,3-4,7,9,17H2,1-2H3. The van der Waals surface area contributed by atoms with Gasteiger partial charge in [-0.15, -0.1) is 0 Å². The summed E-state index contributed by atoms with van der Waals surface area (Å²) in [6, 6.07) is 4.68. The molecule has 118 valence electrons. The smallest absolute Gasteiger partial charge is 0.240 e. The van der Waals surface area contributed by atoms with Crippen molar-refractivity contribution in [2.45, 2.75) is 50.6 Å². The molecule has 0 amide bonds. The number of sulfonamides is 1. The van der Waals surface area contributed by atoms with Crippen molar-refractivity contribution in [1.82, 2.24) is 4.72 Å². The van der Waals surface area contributed by atoms with Crippen LogP contribution in [0.4, 0.5) is 0 Å². The maximum atomic E-state index is 12.5. The predicted octanol–water partition coefficient (Wildman–Crippen LogP) is 2.90. The van der Waals surface area contributed by atoms with E-state index in [1.165, 1.54) is 6.07 Å². The number of halogens is 1. The van der Waals surface area contributed by atoms with Crippen molar-refractivity contribution in [2.24, 2.45) is 17.6 Å². The van der Waals surface area contributed by atoms with Gasteiger partial charge in [0.1, 0.15) is 0 Å². The van der Waals surface area contributed by atoms with E-state index in [2.05, 4.69) is 18.6 Å². The van der Waals surface area contributed by atoms with Crippen LogP contribution in [-0.4, -0.2) is 14.5 Å². The Morgan fingerprint density at radius 1 is 1.29 bits per heavy atom. The molecule has 0 radical (unpaired) electrons. The number of hydrogen-bond acceptors (Lipinski definition) is 3. The van der Waals surface area contributed by atoms with Crippen LogP contribution in [0.5, 0.6) is 0 Å². The minimum absolute atomic E-state index is 0.0122. The summed E-state index contributed by atoms with van der Waals surface area (Å²) in [5.41, 5.74) is 6.22. The Morgan fingerprint density at radius 2 is 2.00 bits per heavy atom. The molecular weight excluding hydrogens is 308 g/mol. The van der Waals surface area contributed by atoms with Gasteiger partial charge in [-0.2, -0.15) is 0 Å². The lowest BCUT2D eigenvalue weighted by atomic mass is 9.79. The van der Waals surface area contributed by atoms with Crippen molar-refractivity contribution in [3.63, 3.8) is 0 Å². The van der Waals surface area contributed by atoms with Crippen molar-refractivity contribution in [2.75, 3.05) is 0 Å². The van der Waals surface area contributed by atoms with E-state index >= 15 is 0 Å². The summed E-state index contributed by atoms with van der Waals surface area (Å²) in [5.74, 6) is 1.20. The van der Waals surface area contributed by atoms with Crippen LogP contribution < -0.4 is 10.5 Å². The first-order valence-corrected chi connectivity index (χ1v) is 9.20. The van der Waals surface area contributed by atoms with Crippen molar-refractivity contribution < 1.29 is 8.42 Å². The van der Waals surface area contributed by atoms with E-state index in [0.29, 0.717) is 22.4 Å². The Bertz CT molecular complexity index is 604. The second-order valence-corrected chi connectivity index (χ2v) is 8.16. The molecule has 21 heavy (non-hydrogen) atoms. The minimum Gasteiger partial charge on any atom is -0.326 e. The first kappa shape index (κ1) is 16.7. The van der Waals surface area contributed by atoms with Crippen molar-refractivity contribution in [3.05, 3.63) is 28.8 Å². The summed E-state index contributed by atoms with van der Waals surface area (Å²) in [6.45, 7) is 4.63. The zero-order valence-corrected chi connectivity index (χ0v) is 14.0. The van der Waals surface area contributed by atoms with E-state index in [4.69, 9.17) is 17.3 Å². The van der Waals surface area contributed by atoms with E-state index in [1.807, 2.05) is 0 Å². The summed E-state index contributed by atoms with van der Waals surface area (Å²) in [6.07, 6.45) is 2.84. The molecule has 1 aliphatic carbocycles.